The van der Waals surface area contributed by atoms with Gasteiger partial charge in [-0.25, -0.2) is 4.68 Å². The zero-order valence-electron chi connectivity index (χ0n) is 15.1. The Morgan fingerprint density at radius 1 is 1.43 bits per heavy atom. The maximum Gasteiger partial charge on any atom is 0.420 e. The van der Waals surface area contributed by atoms with Crippen LogP contribution in [0.1, 0.15) is 25.3 Å². The van der Waals surface area contributed by atoms with Gasteiger partial charge in [0, 0.05) is 31.5 Å². The van der Waals surface area contributed by atoms with Crippen LogP contribution in [0.4, 0.5) is 19.2 Å². The summed E-state index contributed by atoms with van der Waals surface area (Å²) >= 11 is 6.00. The normalized spacial score (nSPS) is 17.5. The van der Waals surface area contributed by atoms with Gasteiger partial charge in [-0.05, 0) is 38.4 Å². The maximum atomic E-state index is 13.7. The topological polar surface area (TPSA) is 59.1 Å². The van der Waals surface area contributed by atoms with Crippen molar-refractivity contribution in [3.05, 3.63) is 35.1 Å². The van der Waals surface area contributed by atoms with E-state index in [-0.39, 0.29) is 23.2 Å². The Hall–Kier alpha value is -2.26. The number of likely N-dealkylation sites (N-methyl/N-ethyl adjacent to an activating group) is 1. The molecule has 150 valence electrons. The summed E-state index contributed by atoms with van der Waals surface area (Å²) in [7, 11) is 0. The lowest BCUT2D eigenvalue weighted by atomic mass is 10.1. The van der Waals surface area contributed by atoms with E-state index in [1.54, 1.807) is 12.3 Å². The number of rotatable bonds is 5. The number of hydrogen-bond donors (Lipinski definition) is 1. The Balaban J connectivity index is 1.86. The minimum absolute atomic E-state index is 0.00764. The van der Waals surface area contributed by atoms with Crippen LogP contribution in [0.2, 0.25) is 5.02 Å². The molecule has 1 saturated heterocycles. The molecule has 4 rings (SSSR count). The Kier molecular flexibility index (Phi) is 4.96. The molecule has 0 amide bonds. The predicted molar refractivity (Wildman–Crippen MR) is 100 cm³/mol. The number of fused-ring (bicyclic) bond motifs is 1. The second-order valence-corrected chi connectivity index (χ2v) is 7.11. The van der Waals surface area contributed by atoms with E-state index in [4.69, 9.17) is 16.0 Å². The minimum atomic E-state index is -4.66. The molecule has 6 nitrogen and oxygen atoms in total. The number of oxazole rings is 1. The van der Waals surface area contributed by atoms with E-state index in [2.05, 4.69) is 15.4 Å². The number of alkyl halides is 3. The van der Waals surface area contributed by atoms with Gasteiger partial charge < -0.3 is 14.6 Å². The molecule has 1 aliphatic heterocycles. The molecule has 0 saturated carbocycles. The van der Waals surface area contributed by atoms with Crippen LogP contribution in [0, 0.1) is 0 Å². The van der Waals surface area contributed by atoms with Crippen LogP contribution >= 0.6 is 11.6 Å². The molecule has 1 N–H and O–H groups in total. The van der Waals surface area contributed by atoms with Crippen molar-refractivity contribution in [2.24, 2.45) is 0 Å². The summed E-state index contributed by atoms with van der Waals surface area (Å²) in [5.41, 5.74) is -0.983. The first kappa shape index (κ1) is 19.1. The molecule has 0 spiro atoms. The van der Waals surface area contributed by atoms with Gasteiger partial charge in [-0.3, -0.25) is 0 Å². The van der Waals surface area contributed by atoms with Gasteiger partial charge in [-0.2, -0.15) is 23.3 Å². The fraction of sp³-hybridized carbons (Fsp3) is 0.444. The highest BCUT2D eigenvalue weighted by molar-refractivity contribution is 6.32. The average molecular weight is 414 g/mol. The molecule has 2 aromatic heterocycles. The Morgan fingerprint density at radius 3 is 2.86 bits per heavy atom. The molecule has 1 aliphatic rings. The van der Waals surface area contributed by atoms with E-state index < -0.39 is 16.8 Å². The van der Waals surface area contributed by atoms with Gasteiger partial charge in [0.05, 0.1) is 5.02 Å². The average Bonchev–Trinajstić information content (AvgIpc) is 3.37. The van der Waals surface area contributed by atoms with Gasteiger partial charge in [-0.15, -0.1) is 0 Å². The van der Waals surface area contributed by atoms with Crippen molar-refractivity contribution in [1.29, 1.82) is 0 Å². The third-order valence-electron chi connectivity index (χ3n) is 4.88. The smallest absolute Gasteiger partial charge is 0.420 e. The number of hydrogen-bond acceptors (Lipinski definition) is 5. The molecular weight excluding hydrogens is 395 g/mol. The van der Waals surface area contributed by atoms with E-state index in [1.807, 2.05) is 11.8 Å². The third kappa shape index (κ3) is 3.44. The molecule has 1 aromatic carbocycles. The number of nitrogens with one attached hydrogen (secondary N) is 1. The summed E-state index contributed by atoms with van der Waals surface area (Å²) in [6.07, 6.45) is 0.567. The van der Waals surface area contributed by atoms with Gasteiger partial charge in [0.25, 0.3) is 6.01 Å². The van der Waals surface area contributed by atoms with Gasteiger partial charge in [-0.1, -0.05) is 11.6 Å². The SMILES string of the molecule is CCN(CC1CCCN1)c1nc2c(C(F)(F)F)c(Cl)cc(-n3cccn3)c2o1. The molecule has 1 fully saturated rings. The first-order valence-electron chi connectivity index (χ1n) is 9.07. The molecule has 0 bridgehead atoms. The quantitative estimate of drug-likeness (QED) is 0.677. The van der Waals surface area contributed by atoms with Gasteiger partial charge in [0.15, 0.2) is 5.58 Å². The van der Waals surface area contributed by atoms with Gasteiger partial charge >= 0.3 is 6.18 Å². The van der Waals surface area contributed by atoms with Gasteiger partial charge in [0.2, 0.25) is 0 Å². The van der Waals surface area contributed by atoms with E-state index in [9.17, 15) is 13.2 Å². The zero-order chi connectivity index (χ0) is 19.9. The van der Waals surface area contributed by atoms with E-state index >= 15 is 0 Å². The minimum Gasteiger partial charge on any atom is -0.421 e. The highest BCUT2D eigenvalue weighted by Gasteiger charge is 2.39. The summed E-state index contributed by atoms with van der Waals surface area (Å²) in [5, 5.41) is 7.03. The monoisotopic (exact) mass is 413 g/mol. The largest absolute Gasteiger partial charge is 0.421 e. The summed E-state index contributed by atoms with van der Waals surface area (Å²) in [5.74, 6) is 0. The van der Waals surface area contributed by atoms with Crippen LogP contribution in [0.5, 0.6) is 0 Å². The van der Waals surface area contributed by atoms with Crippen molar-refractivity contribution < 1.29 is 17.6 Å². The molecule has 0 radical (unpaired) electrons. The van der Waals surface area contributed by atoms with E-state index in [1.165, 1.54) is 16.9 Å². The fourth-order valence-corrected chi connectivity index (χ4v) is 3.83. The maximum absolute atomic E-state index is 13.7. The van der Waals surface area contributed by atoms with Crippen LogP contribution in [-0.4, -0.2) is 40.4 Å². The second kappa shape index (κ2) is 7.29. The van der Waals surface area contributed by atoms with Crippen LogP contribution in [-0.2, 0) is 6.18 Å². The van der Waals surface area contributed by atoms with E-state index in [0.29, 0.717) is 18.8 Å². The lowest BCUT2D eigenvalue weighted by Gasteiger charge is -2.22. The van der Waals surface area contributed by atoms with Crippen LogP contribution in [0.25, 0.3) is 16.8 Å². The highest BCUT2D eigenvalue weighted by Crippen LogP contribution is 2.42. The van der Waals surface area contributed by atoms with Crippen LogP contribution in [0.15, 0.2) is 28.9 Å². The number of aromatic nitrogens is 3. The number of anilines is 1. The summed E-state index contributed by atoms with van der Waals surface area (Å²) < 4.78 is 48.2. The predicted octanol–water partition coefficient (Wildman–Crippen LogP) is 4.26. The number of benzene rings is 1. The van der Waals surface area contributed by atoms with Crippen LogP contribution in [0.3, 0.4) is 0 Å². The van der Waals surface area contributed by atoms with Crippen molar-refractivity contribution in [2.75, 3.05) is 24.5 Å². The molecule has 28 heavy (non-hydrogen) atoms. The fourth-order valence-electron chi connectivity index (χ4n) is 3.53. The van der Waals surface area contributed by atoms with Crippen molar-refractivity contribution in [2.45, 2.75) is 32.0 Å². The standard InChI is InChI=1S/C18H19ClF3N5O/c1-2-26(10-11-5-3-6-23-11)17-25-15-14(18(20,21)22)12(19)9-13(16(15)28-17)27-8-4-7-24-27/h4,7-9,11,23H,2-3,5-6,10H2,1H3. The number of halogens is 4. The van der Waals surface area contributed by atoms with Gasteiger partial charge in [0.1, 0.15) is 16.8 Å². The Morgan fingerprint density at radius 2 is 2.25 bits per heavy atom. The molecular formula is C18H19ClF3N5O. The molecule has 1 unspecified atom stereocenters. The summed E-state index contributed by atoms with van der Waals surface area (Å²) in [6, 6.07) is 3.28. The summed E-state index contributed by atoms with van der Waals surface area (Å²) in [4.78, 5) is 6.05. The molecule has 1 atom stereocenters. The third-order valence-corrected chi connectivity index (χ3v) is 5.18. The van der Waals surface area contributed by atoms with Crippen molar-refractivity contribution >= 4 is 28.7 Å². The lowest BCUT2D eigenvalue weighted by molar-refractivity contribution is -0.136. The van der Waals surface area contributed by atoms with Crippen molar-refractivity contribution in [1.82, 2.24) is 20.1 Å². The number of nitrogens with zero attached hydrogens (tertiary/aromatic N) is 4. The van der Waals surface area contributed by atoms with Crippen LogP contribution < -0.4 is 10.2 Å². The molecule has 3 aromatic rings. The van der Waals surface area contributed by atoms with Crippen molar-refractivity contribution in [3.63, 3.8) is 0 Å². The second-order valence-electron chi connectivity index (χ2n) is 6.71. The molecule has 0 aliphatic carbocycles. The first-order chi connectivity index (χ1) is 13.4. The molecule has 10 heteroatoms. The van der Waals surface area contributed by atoms with E-state index in [0.717, 1.165) is 19.4 Å². The first-order valence-corrected chi connectivity index (χ1v) is 9.45. The van der Waals surface area contributed by atoms with Crippen molar-refractivity contribution in [3.8, 4) is 5.69 Å². The summed E-state index contributed by atoms with van der Waals surface area (Å²) in [6.45, 7) is 4.01. The Bertz CT molecular complexity index is 964. The Labute approximate surface area is 164 Å². The highest BCUT2D eigenvalue weighted by atomic mass is 35.5. The molecule has 3 heterocycles. The lowest BCUT2D eigenvalue weighted by Crippen LogP contribution is -2.37. The zero-order valence-corrected chi connectivity index (χ0v) is 15.9.